The molecule has 0 radical (unpaired) electrons. The Labute approximate surface area is 152 Å². The molecule has 138 valence electrons. The third-order valence-corrected chi connectivity index (χ3v) is 6.30. The van der Waals surface area contributed by atoms with Crippen LogP contribution in [0.15, 0.2) is 48.5 Å². The molecule has 1 fully saturated rings. The van der Waals surface area contributed by atoms with Gasteiger partial charge in [0.05, 0.1) is 24.2 Å². The van der Waals surface area contributed by atoms with Gasteiger partial charge in [-0.05, 0) is 24.6 Å². The van der Waals surface area contributed by atoms with E-state index in [9.17, 15) is 17.6 Å². The number of amides is 1. The molecule has 5 nitrogen and oxygen atoms in total. The molecule has 1 aliphatic rings. The number of methoxy groups -OCH3 is 1. The maximum Gasteiger partial charge on any atom is 0.258 e. The van der Waals surface area contributed by atoms with Gasteiger partial charge in [-0.3, -0.25) is 4.79 Å². The lowest BCUT2D eigenvalue weighted by Crippen LogP contribution is -2.41. The first-order valence-corrected chi connectivity index (χ1v) is 10.1. The van der Waals surface area contributed by atoms with Crippen LogP contribution in [-0.2, 0) is 16.4 Å². The van der Waals surface area contributed by atoms with Gasteiger partial charge in [-0.1, -0.05) is 30.3 Å². The second-order valence-corrected chi connectivity index (χ2v) is 8.51. The molecule has 0 N–H and O–H groups in total. The van der Waals surface area contributed by atoms with Crippen LogP contribution in [0.3, 0.4) is 0 Å². The molecule has 0 aliphatic carbocycles. The quantitative estimate of drug-likeness (QED) is 0.804. The van der Waals surface area contributed by atoms with Crippen molar-refractivity contribution in [3.8, 4) is 5.75 Å². The van der Waals surface area contributed by atoms with Crippen molar-refractivity contribution < 1.29 is 22.3 Å². The first kappa shape index (κ1) is 18.4. The predicted octanol–water partition coefficient (Wildman–Crippen LogP) is 2.66. The van der Waals surface area contributed by atoms with Crippen LogP contribution in [0, 0.1) is 5.82 Å². The van der Waals surface area contributed by atoms with Crippen LogP contribution in [0.2, 0.25) is 0 Å². The van der Waals surface area contributed by atoms with Crippen LogP contribution >= 0.6 is 0 Å². The Morgan fingerprint density at radius 1 is 1.19 bits per heavy atom. The highest BCUT2D eigenvalue weighted by molar-refractivity contribution is 7.91. The summed E-state index contributed by atoms with van der Waals surface area (Å²) in [4.78, 5) is 14.6. The summed E-state index contributed by atoms with van der Waals surface area (Å²) in [5.41, 5.74) is 0.677. The van der Waals surface area contributed by atoms with Gasteiger partial charge in [0.2, 0.25) is 0 Å². The minimum absolute atomic E-state index is 0.00371. The van der Waals surface area contributed by atoms with E-state index in [4.69, 9.17) is 4.74 Å². The van der Waals surface area contributed by atoms with Gasteiger partial charge >= 0.3 is 0 Å². The molecule has 3 rings (SSSR count). The zero-order valence-corrected chi connectivity index (χ0v) is 15.2. The molecule has 1 amide bonds. The molecule has 0 aromatic heterocycles. The van der Waals surface area contributed by atoms with Gasteiger partial charge in [-0.2, -0.15) is 0 Å². The first-order chi connectivity index (χ1) is 12.4. The number of carbonyl (C=O) groups excluding carboxylic acids is 1. The van der Waals surface area contributed by atoms with Crippen molar-refractivity contribution in [3.63, 3.8) is 0 Å². The van der Waals surface area contributed by atoms with Gasteiger partial charge < -0.3 is 9.64 Å². The Hall–Kier alpha value is -2.41. The Balaban J connectivity index is 1.97. The molecule has 1 heterocycles. The van der Waals surface area contributed by atoms with Crippen molar-refractivity contribution >= 4 is 15.7 Å². The zero-order chi connectivity index (χ0) is 18.7. The minimum atomic E-state index is -3.19. The lowest BCUT2D eigenvalue weighted by atomic mass is 10.1. The molecular weight excluding hydrogens is 357 g/mol. The van der Waals surface area contributed by atoms with Crippen LogP contribution in [0.1, 0.15) is 22.3 Å². The number of hydrogen-bond acceptors (Lipinski definition) is 4. The highest BCUT2D eigenvalue weighted by atomic mass is 32.2. The molecule has 2 aromatic carbocycles. The second-order valence-electron chi connectivity index (χ2n) is 6.28. The highest BCUT2D eigenvalue weighted by Crippen LogP contribution is 2.26. The number of para-hydroxylation sites is 1. The fraction of sp³-hybridized carbons (Fsp3) is 0.316. The Morgan fingerprint density at radius 3 is 2.54 bits per heavy atom. The molecule has 0 bridgehead atoms. The van der Waals surface area contributed by atoms with Gasteiger partial charge in [-0.15, -0.1) is 0 Å². The summed E-state index contributed by atoms with van der Waals surface area (Å²) in [7, 11) is -1.73. The van der Waals surface area contributed by atoms with Gasteiger partial charge in [0.25, 0.3) is 5.91 Å². The lowest BCUT2D eigenvalue weighted by Gasteiger charge is -2.29. The van der Waals surface area contributed by atoms with Crippen molar-refractivity contribution in [1.82, 2.24) is 4.90 Å². The van der Waals surface area contributed by atoms with Gasteiger partial charge in [-0.25, -0.2) is 12.8 Å². The Bertz CT molecular complexity index is 913. The van der Waals surface area contributed by atoms with E-state index in [2.05, 4.69) is 0 Å². The SMILES string of the molecule is COc1ccccc1C(=O)N(Cc1ccccc1F)C1CCS(=O)(=O)C1. The van der Waals surface area contributed by atoms with Crippen molar-refractivity contribution in [3.05, 3.63) is 65.5 Å². The largest absolute Gasteiger partial charge is 0.496 e. The normalized spacial score (nSPS) is 18.5. The van der Waals surface area contributed by atoms with E-state index < -0.39 is 21.7 Å². The average molecular weight is 377 g/mol. The molecule has 0 saturated carbocycles. The summed E-state index contributed by atoms with van der Waals surface area (Å²) in [5, 5.41) is 0. The third kappa shape index (κ3) is 3.88. The van der Waals surface area contributed by atoms with E-state index in [-0.39, 0.29) is 24.0 Å². The summed E-state index contributed by atoms with van der Waals surface area (Å²) in [6.45, 7) is 0.00371. The summed E-state index contributed by atoms with van der Waals surface area (Å²) in [6, 6.07) is 12.4. The molecule has 1 saturated heterocycles. The molecule has 0 spiro atoms. The third-order valence-electron chi connectivity index (χ3n) is 4.55. The molecule has 1 atom stereocenters. The van der Waals surface area contributed by atoms with Crippen molar-refractivity contribution in [1.29, 1.82) is 0 Å². The number of nitrogens with zero attached hydrogens (tertiary/aromatic N) is 1. The summed E-state index contributed by atoms with van der Waals surface area (Å²) in [6.07, 6.45) is 0.345. The number of sulfone groups is 1. The minimum Gasteiger partial charge on any atom is -0.496 e. The standard InChI is InChI=1S/C19H20FNO4S/c1-25-18-9-5-3-7-16(18)19(22)21(15-10-11-26(23,24)13-15)12-14-6-2-4-8-17(14)20/h2-9,15H,10-13H2,1H3. The summed E-state index contributed by atoms with van der Waals surface area (Å²) >= 11 is 0. The monoisotopic (exact) mass is 377 g/mol. The number of ether oxygens (including phenoxy) is 1. The van der Waals surface area contributed by atoms with E-state index in [1.807, 2.05) is 0 Å². The topological polar surface area (TPSA) is 63.7 Å². The van der Waals surface area contributed by atoms with Crippen LogP contribution in [0.25, 0.3) is 0 Å². The van der Waals surface area contributed by atoms with Crippen molar-refractivity contribution in [2.45, 2.75) is 19.0 Å². The zero-order valence-electron chi connectivity index (χ0n) is 14.4. The molecule has 7 heteroatoms. The second kappa shape index (κ2) is 7.45. The maximum absolute atomic E-state index is 14.1. The summed E-state index contributed by atoms with van der Waals surface area (Å²) < 4.78 is 43.2. The number of rotatable bonds is 5. The highest BCUT2D eigenvalue weighted by Gasteiger charge is 2.36. The van der Waals surface area contributed by atoms with Crippen LogP contribution < -0.4 is 4.74 Å². The number of halogens is 1. The van der Waals surface area contributed by atoms with E-state index >= 15 is 0 Å². The van der Waals surface area contributed by atoms with E-state index in [1.54, 1.807) is 42.5 Å². The van der Waals surface area contributed by atoms with Crippen LogP contribution in [0.4, 0.5) is 4.39 Å². The van der Waals surface area contributed by atoms with Crippen molar-refractivity contribution in [2.24, 2.45) is 0 Å². The first-order valence-electron chi connectivity index (χ1n) is 8.29. The fourth-order valence-corrected chi connectivity index (χ4v) is 4.90. The smallest absolute Gasteiger partial charge is 0.258 e. The van der Waals surface area contributed by atoms with Gasteiger partial charge in [0.1, 0.15) is 11.6 Å². The van der Waals surface area contributed by atoms with Gasteiger partial charge in [0.15, 0.2) is 9.84 Å². The Kier molecular flexibility index (Phi) is 5.27. The molecule has 1 aliphatic heterocycles. The van der Waals surface area contributed by atoms with Gasteiger partial charge in [0, 0.05) is 18.2 Å². The van der Waals surface area contributed by atoms with E-state index in [1.165, 1.54) is 18.1 Å². The average Bonchev–Trinajstić information content (AvgIpc) is 3.00. The van der Waals surface area contributed by atoms with Crippen LogP contribution in [-0.4, -0.2) is 43.9 Å². The molecule has 26 heavy (non-hydrogen) atoms. The number of carbonyl (C=O) groups is 1. The van der Waals surface area contributed by atoms with Crippen molar-refractivity contribution in [2.75, 3.05) is 18.6 Å². The summed E-state index contributed by atoms with van der Waals surface area (Å²) in [5.74, 6) is -0.469. The number of benzene rings is 2. The maximum atomic E-state index is 14.1. The lowest BCUT2D eigenvalue weighted by molar-refractivity contribution is 0.0675. The fourth-order valence-electron chi connectivity index (χ4n) is 3.17. The molecule has 1 unspecified atom stereocenters. The molecular formula is C19H20FNO4S. The van der Waals surface area contributed by atoms with E-state index in [0.717, 1.165) is 0 Å². The van der Waals surface area contributed by atoms with E-state index in [0.29, 0.717) is 23.3 Å². The predicted molar refractivity (Wildman–Crippen MR) is 96.3 cm³/mol. The van der Waals surface area contributed by atoms with Crippen LogP contribution in [0.5, 0.6) is 5.75 Å². The molecule has 2 aromatic rings. The Morgan fingerprint density at radius 2 is 1.88 bits per heavy atom. The number of hydrogen-bond donors (Lipinski definition) is 0.